The van der Waals surface area contributed by atoms with Gasteiger partial charge < -0.3 is 10.5 Å². The number of nitrogens with zero attached hydrogens (tertiary/aromatic N) is 1. The molecule has 5 nitrogen and oxygen atoms in total. The molecular formula is C13H22N2O3S. The standard InChI is InChI=1S/C13H22N2O3S/c1-11(2)15(8-9-18-3)19(16,17)10-12-6-4-5-7-13(12)14/h4-7,11H,8-10,14H2,1-3H3. The van der Waals surface area contributed by atoms with Crippen LogP contribution >= 0.6 is 0 Å². The highest BCUT2D eigenvalue weighted by molar-refractivity contribution is 7.88. The first-order chi connectivity index (χ1) is 8.88. The maximum absolute atomic E-state index is 12.4. The second kappa shape index (κ2) is 6.88. The fourth-order valence-electron chi connectivity index (χ4n) is 1.84. The lowest BCUT2D eigenvalue weighted by Crippen LogP contribution is -2.40. The van der Waals surface area contributed by atoms with Gasteiger partial charge in [-0.1, -0.05) is 18.2 Å². The monoisotopic (exact) mass is 286 g/mol. The zero-order valence-corrected chi connectivity index (χ0v) is 12.5. The molecule has 0 saturated carbocycles. The highest BCUT2D eigenvalue weighted by atomic mass is 32.2. The molecule has 0 aromatic heterocycles. The molecule has 0 bridgehead atoms. The summed E-state index contributed by atoms with van der Waals surface area (Å²) in [4.78, 5) is 0. The minimum Gasteiger partial charge on any atom is -0.398 e. The molecule has 1 rings (SSSR count). The van der Waals surface area contributed by atoms with Crippen molar-refractivity contribution in [3.8, 4) is 0 Å². The lowest BCUT2D eigenvalue weighted by Gasteiger charge is -2.25. The summed E-state index contributed by atoms with van der Waals surface area (Å²) in [7, 11) is -1.84. The van der Waals surface area contributed by atoms with Gasteiger partial charge in [-0.2, -0.15) is 4.31 Å². The molecule has 0 unspecified atom stereocenters. The van der Waals surface area contributed by atoms with Crippen LogP contribution in [0.15, 0.2) is 24.3 Å². The first-order valence-corrected chi connectivity index (χ1v) is 7.81. The van der Waals surface area contributed by atoms with E-state index in [9.17, 15) is 8.42 Å². The number of ether oxygens (including phenoxy) is 1. The third-order valence-electron chi connectivity index (χ3n) is 2.84. The summed E-state index contributed by atoms with van der Waals surface area (Å²) in [5.74, 6) is -0.0818. The molecule has 0 spiro atoms. The first kappa shape index (κ1) is 15.9. The number of nitrogen functional groups attached to an aromatic ring is 1. The Kier molecular flexibility index (Phi) is 5.78. The topological polar surface area (TPSA) is 72.6 Å². The van der Waals surface area contributed by atoms with Crippen molar-refractivity contribution in [3.05, 3.63) is 29.8 Å². The van der Waals surface area contributed by atoms with Gasteiger partial charge in [-0.05, 0) is 25.5 Å². The van der Waals surface area contributed by atoms with Crippen LogP contribution in [0.2, 0.25) is 0 Å². The molecule has 0 saturated heterocycles. The second-order valence-corrected chi connectivity index (χ2v) is 6.57. The largest absolute Gasteiger partial charge is 0.398 e. The van der Waals surface area contributed by atoms with Crippen LogP contribution in [0.4, 0.5) is 5.69 Å². The zero-order valence-electron chi connectivity index (χ0n) is 11.7. The summed E-state index contributed by atoms with van der Waals surface area (Å²) in [5, 5.41) is 0. The first-order valence-electron chi connectivity index (χ1n) is 6.20. The molecule has 0 fully saturated rings. The summed E-state index contributed by atoms with van der Waals surface area (Å²) in [6.45, 7) is 4.42. The highest BCUT2D eigenvalue weighted by Crippen LogP contribution is 2.18. The summed E-state index contributed by atoms with van der Waals surface area (Å²) in [6, 6.07) is 6.92. The summed E-state index contributed by atoms with van der Waals surface area (Å²) < 4.78 is 31.2. The fraction of sp³-hybridized carbons (Fsp3) is 0.538. The normalized spacial score (nSPS) is 12.3. The predicted molar refractivity (Wildman–Crippen MR) is 77.2 cm³/mol. The van der Waals surface area contributed by atoms with Crippen LogP contribution in [0.3, 0.4) is 0 Å². The highest BCUT2D eigenvalue weighted by Gasteiger charge is 2.25. The Hall–Kier alpha value is -1.11. The van der Waals surface area contributed by atoms with E-state index in [-0.39, 0.29) is 11.8 Å². The number of hydrogen-bond acceptors (Lipinski definition) is 4. The van der Waals surface area contributed by atoms with E-state index in [1.165, 1.54) is 4.31 Å². The van der Waals surface area contributed by atoms with E-state index >= 15 is 0 Å². The number of anilines is 1. The van der Waals surface area contributed by atoms with Crippen LogP contribution in [0.5, 0.6) is 0 Å². The van der Waals surface area contributed by atoms with Gasteiger partial charge in [0.2, 0.25) is 10.0 Å². The average molecular weight is 286 g/mol. The molecule has 1 aromatic carbocycles. The Morgan fingerprint density at radius 1 is 1.32 bits per heavy atom. The Labute approximate surface area is 115 Å². The minimum atomic E-state index is -3.40. The Morgan fingerprint density at radius 2 is 1.95 bits per heavy atom. The van der Waals surface area contributed by atoms with Gasteiger partial charge in [0.25, 0.3) is 0 Å². The van der Waals surface area contributed by atoms with Crippen LogP contribution in [-0.2, 0) is 20.5 Å². The van der Waals surface area contributed by atoms with E-state index in [1.807, 2.05) is 13.8 Å². The van der Waals surface area contributed by atoms with Crippen LogP contribution in [0, 0.1) is 0 Å². The van der Waals surface area contributed by atoms with Crippen molar-refractivity contribution in [2.24, 2.45) is 0 Å². The number of sulfonamides is 1. The number of hydrogen-bond donors (Lipinski definition) is 1. The molecule has 0 aliphatic heterocycles. The molecular weight excluding hydrogens is 264 g/mol. The molecule has 6 heteroatoms. The Morgan fingerprint density at radius 3 is 2.47 bits per heavy atom. The van der Waals surface area contributed by atoms with Crippen molar-refractivity contribution in [1.82, 2.24) is 4.31 Å². The van der Waals surface area contributed by atoms with Crippen LogP contribution < -0.4 is 5.73 Å². The maximum Gasteiger partial charge on any atom is 0.218 e. The average Bonchev–Trinajstić information content (AvgIpc) is 2.31. The van der Waals surface area contributed by atoms with Gasteiger partial charge in [0.05, 0.1) is 12.4 Å². The third kappa shape index (κ3) is 4.49. The molecule has 0 amide bonds. The number of benzene rings is 1. The van der Waals surface area contributed by atoms with E-state index in [1.54, 1.807) is 31.4 Å². The van der Waals surface area contributed by atoms with Gasteiger partial charge in [-0.15, -0.1) is 0 Å². The summed E-state index contributed by atoms with van der Waals surface area (Å²) >= 11 is 0. The molecule has 0 heterocycles. The van der Waals surface area contributed by atoms with E-state index in [0.29, 0.717) is 24.4 Å². The van der Waals surface area contributed by atoms with Crippen LogP contribution in [-0.4, -0.2) is 39.0 Å². The van der Waals surface area contributed by atoms with Crippen molar-refractivity contribution in [1.29, 1.82) is 0 Å². The van der Waals surface area contributed by atoms with Crippen molar-refractivity contribution >= 4 is 15.7 Å². The van der Waals surface area contributed by atoms with E-state index in [4.69, 9.17) is 10.5 Å². The van der Waals surface area contributed by atoms with E-state index < -0.39 is 10.0 Å². The third-order valence-corrected chi connectivity index (χ3v) is 4.84. The molecule has 0 radical (unpaired) electrons. The van der Waals surface area contributed by atoms with Crippen LogP contribution in [0.1, 0.15) is 19.4 Å². The van der Waals surface area contributed by atoms with Gasteiger partial charge in [0, 0.05) is 25.4 Å². The molecule has 108 valence electrons. The minimum absolute atomic E-state index is 0.0818. The molecule has 19 heavy (non-hydrogen) atoms. The van der Waals surface area contributed by atoms with Gasteiger partial charge in [-0.25, -0.2) is 8.42 Å². The quantitative estimate of drug-likeness (QED) is 0.770. The second-order valence-electron chi connectivity index (χ2n) is 4.65. The fourth-order valence-corrected chi connectivity index (χ4v) is 3.66. The maximum atomic E-state index is 12.4. The van der Waals surface area contributed by atoms with Crippen molar-refractivity contribution < 1.29 is 13.2 Å². The zero-order chi connectivity index (χ0) is 14.5. The lowest BCUT2D eigenvalue weighted by molar-refractivity contribution is 0.171. The lowest BCUT2D eigenvalue weighted by atomic mass is 10.2. The number of nitrogens with two attached hydrogens (primary N) is 1. The van der Waals surface area contributed by atoms with Crippen molar-refractivity contribution in [2.75, 3.05) is 26.0 Å². The SMILES string of the molecule is COCCN(C(C)C)S(=O)(=O)Cc1ccccc1N. The van der Waals surface area contributed by atoms with Gasteiger partial charge in [0.15, 0.2) is 0 Å². The van der Waals surface area contributed by atoms with E-state index in [2.05, 4.69) is 0 Å². The number of methoxy groups -OCH3 is 1. The Balaban J connectivity index is 2.92. The smallest absolute Gasteiger partial charge is 0.218 e. The number of para-hydroxylation sites is 1. The molecule has 0 atom stereocenters. The molecule has 1 aromatic rings. The molecule has 0 aliphatic rings. The van der Waals surface area contributed by atoms with Crippen LogP contribution in [0.25, 0.3) is 0 Å². The van der Waals surface area contributed by atoms with Gasteiger partial charge in [-0.3, -0.25) is 0 Å². The summed E-state index contributed by atoms with van der Waals surface area (Å²) in [6.07, 6.45) is 0. The molecule has 2 N–H and O–H groups in total. The Bertz CT molecular complexity index is 500. The number of rotatable bonds is 7. The van der Waals surface area contributed by atoms with Crippen molar-refractivity contribution in [2.45, 2.75) is 25.6 Å². The molecule has 0 aliphatic carbocycles. The van der Waals surface area contributed by atoms with Gasteiger partial charge >= 0.3 is 0 Å². The summed E-state index contributed by atoms with van der Waals surface area (Å²) in [5.41, 5.74) is 6.93. The van der Waals surface area contributed by atoms with Crippen molar-refractivity contribution in [3.63, 3.8) is 0 Å². The predicted octanol–water partition coefficient (Wildman–Crippen LogP) is 1.46. The van der Waals surface area contributed by atoms with Gasteiger partial charge in [0.1, 0.15) is 0 Å². The van der Waals surface area contributed by atoms with E-state index in [0.717, 1.165) is 0 Å².